The van der Waals surface area contributed by atoms with Gasteiger partial charge in [-0.25, -0.2) is 19.9 Å². The minimum Gasteiger partial charge on any atom is -0.351 e. The maximum atomic E-state index is 3.67. The minimum absolute atomic E-state index is 0. The molecule has 0 fully saturated rings. The van der Waals surface area contributed by atoms with E-state index in [0.717, 1.165) is 0 Å². The molecule has 0 aliphatic heterocycles. The number of hydrogen-bond acceptors (Lipinski definition) is 4. The molecule has 4 N–H and O–H groups in total. The van der Waals surface area contributed by atoms with Gasteiger partial charge in [-0.2, -0.15) is 0 Å². The normalized spacial score (nSPS) is 7.62. The molecule has 0 aliphatic rings. The van der Waals surface area contributed by atoms with Crippen molar-refractivity contribution in [3.63, 3.8) is 0 Å². The minimum atomic E-state index is 0. The van der Waals surface area contributed by atoms with Crippen LogP contribution < -0.4 is 0 Å². The summed E-state index contributed by atoms with van der Waals surface area (Å²) in [6.45, 7) is 0. The lowest BCUT2D eigenvalue weighted by molar-refractivity contribution is 1.31. The second kappa shape index (κ2) is 15.0. The Hall–Kier alpha value is -3.10. The van der Waals surface area contributed by atoms with Crippen molar-refractivity contribution in [3.05, 3.63) is 74.9 Å². The third-order valence-electron chi connectivity index (χ3n) is 1.62. The van der Waals surface area contributed by atoms with Crippen LogP contribution in [0.25, 0.3) is 0 Å². The van der Waals surface area contributed by atoms with Gasteiger partial charge < -0.3 is 19.9 Å². The maximum absolute atomic E-state index is 3.67. The first-order valence-corrected chi connectivity index (χ1v) is 5.71. The molecule has 0 aliphatic carbocycles. The molecule has 8 nitrogen and oxygen atoms in total. The molecule has 0 spiro atoms. The van der Waals surface area contributed by atoms with Gasteiger partial charge in [0.05, 0.1) is 33.7 Å². The number of H-pyrrole nitrogens is 4. The van der Waals surface area contributed by atoms with Crippen molar-refractivity contribution in [1.82, 2.24) is 39.9 Å². The lowest BCUT2D eigenvalue weighted by atomic mass is 10.8. The summed E-state index contributed by atoms with van der Waals surface area (Å²) in [6, 6.07) is 0. The van der Waals surface area contributed by atoms with Crippen LogP contribution in [0.4, 0.5) is 0 Å². The second-order valence-electron chi connectivity index (χ2n) is 3.04. The van der Waals surface area contributed by atoms with Crippen molar-refractivity contribution in [3.8, 4) is 0 Å². The van der Waals surface area contributed by atoms with Crippen molar-refractivity contribution in [1.29, 1.82) is 0 Å². The van der Waals surface area contributed by atoms with Crippen LogP contribution in [-0.4, -0.2) is 48.3 Å². The zero-order valence-electron chi connectivity index (χ0n) is 10.7. The molecule has 0 unspecified atom stereocenters. The molecule has 110 valence electrons. The summed E-state index contributed by atoms with van der Waals surface area (Å²) in [7, 11) is 0. The topological polar surface area (TPSA) is 115 Å². The van der Waals surface area contributed by atoms with Gasteiger partial charge in [-0.1, -0.05) is 0 Å². The van der Waals surface area contributed by atoms with Crippen molar-refractivity contribution in [2.24, 2.45) is 0 Å². The van der Waals surface area contributed by atoms with Crippen molar-refractivity contribution in [2.45, 2.75) is 0 Å². The Balaban J connectivity index is 0.000000250. The van der Waals surface area contributed by atoms with Crippen LogP contribution in [0.5, 0.6) is 0 Å². The van der Waals surface area contributed by atoms with Crippen molar-refractivity contribution < 1.29 is 0 Å². The van der Waals surface area contributed by atoms with E-state index in [1.165, 1.54) is 0 Å². The van der Waals surface area contributed by atoms with Crippen LogP contribution in [0.3, 0.4) is 0 Å². The van der Waals surface area contributed by atoms with Crippen molar-refractivity contribution in [2.75, 3.05) is 0 Å². The molecule has 0 amide bonds. The third-order valence-corrected chi connectivity index (χ3v) is 1.62. The van der Waals surface area contributed by atoms with E-state index in [0.29, 0.717) is 0 Å². The number of nitrogens with zero attached hydrogens (tertiary/aromatic N) is 4. The van der Waals surface area contributed by atoms with E-state index in [1.807, 2.05) is 0 Å². The molecular weight excluding hydrogens is 267 g/mol. The molecule has 4 aromatic rings. The lowest BCUT2D eigenvalue weighted by Gasteiger charge is -1.46. The molecule has 0 aromatic carbocycles. The highest BCUT2D eigenvalue weighted by Crippen LogP contribution is 1.64. The number of hydrogen-bond donors (Lipinski definition) is 4. The molecule has 0 radical (unpaired) electrons. The van der Waals surface area contributed by atoms with Gasteiger partial charge in [-0.15, -0.1) is 0 Å². The smallest absolute Gasteiger partial charge is 0.0919 e. The van der Waals surface area contributed by atoms with Crippen LogP contribution >= 0.6 is 0 Å². The third kappa shape index (κ3) is 13.1. The number of aromatic amines is 4. The predicted molar refractivity (Wildman–Crippen MR) is 84.3 cm³/mol. The fraction of sp³-hybridized carbons (Fsp3) is 0. The Morgan fingerprint density at radius 3 is 0.714 bits per heavy atom. The number of imidazole rings is 4. The average molecular weight is 286 g/mol. The Bertz CT molecular complexity index is 356. The van der Waals surface area contributed by atoms with Crippen LogP contribution in [0.1, 0.15) is 0 Å². The predicted octanol–water partition coefficient (Wildman–Crippen LogP) is 0.455. The van der Waals surface area contributed by atoms with Gasteiger partial charge in [0, 0.05) is 49.6 Å². The number of aromatic nitrogens is 8. The SMILES string of the molecule is B.c1c[nH]cn1.c1c[nH]cn1.c1c[nH]cn1.c1c[nH]cn1. The lowest BCUT2D eigenvalue weighted by Crippen LogP contribution is -1.44. The summed E-state index contributed by atoms with van der Waals surface area (Å²) in [5, 5.41) is 0. The molecular formula is C12H19BN8. The molecule has 0 saturated heterocycles. The van der Waals surface area contributed by atoms with Gasteiger partial charge in [0.15, 0.2) is 0 Å². The first-order valence-electron chi connectivity index (χ1n) is 5.71. The molecule has 0 saturated carbocycles. The molecule has 0 bridgehead atoms. The van der Waals surface area contributed by atoms with E-state index in [1.54, 1.807) is 74.9 Å². The van der Waals surface area contributed by atoms with Gasteiger partial charge >= 0.3 is 0 Å². The highest BCUT2D eigenvalue weighted by molar-refractivity contribution is 5.75. The fourth-order valence-corrected chi connectivity index (χ4v) is 0.861. The van der Waals surface area contributed by atoms with E-state index in [4.69, 9.17) is 0 Å². The van der Waals surface area contributed by atoms with Gasteiger partial charge in [0.2, 0.25) is 0 Å². The summed E-state index contributed by atoms with van der Waals surface area (Å²) in [5.41, 5.74) is 0. The maximum Gasteiger partial charge on any atom is 0.0919 e. The summed E-state index contributed by atoms with van der Waals surface area (Å²) >= 11 is 0. The monoisotopic (exact) mass is 286 g/mol. The number of rotatable bonds is 0. The summed E-state index contributed by atoms with van der Waals surface area (Å²) in [6.07, 6.45) is 20.3. The largest absolute Gasteiger partial charge is 0.351 e. The van der Waals surface area contributed by atoms with Crippen molar-refractivity contribution >= 4 is 8.41 Å². The van der Waals surface area contributed by atoms with E-state index in [2.05, 4.69) is 39.9 Å². The van der Waals surface area contributed by atoms with Gasteiger partial charge in [-0.3, -0.25) is 0 Å². The second-order valence-corrected chi connectivity index (χ2v) is 3.04. The average Bonchev–Trinajstić information content (AvgIpc) is 3.40. The Labute approximate surface area is 124 Å². The fourth-order valence-electron chi connectivity index (χ4n) is 0.861. The highest BCUT2D eigenvalue weighted by Gasteiger charge is 1.57. The molecule has 4 aromatic heterocycles. The van der Waals surface area contributed by atoms with Gasteiger partial charge in [-0.05, 0) is 0 Å². The Morgan fingerprint density at radius 2 is 0.667 bits per heavy atom. The van der Waals surface area contributed by atoms with Crippen LogP contribution in [0.15, 0.2) is 74.9 Å². The molecule has 9 heteroatoms. The van der Waals surface area contributed by atoms with Gasteiger partial charge in [0.25, 0.3) is 0 Å². The summed E-state index contributed by atoms with van der Waals surface area (Å²) < 4.78 is 0. The van der Waals surface area contributed by atoms with E-state index >= 15 is 0 Å². The van der Waals surface area contributed by atoms with Crippen LogP contribution in [0, 0.1) is 0 Å². The first kappa shape index (κ1) is 17.9. The van der Waals surface area contributed by atoms with E-state index in [9.17, 15) is 0 Å². The zero-order valence-corrected chi connectivity index (χ0v) is 10.7. The summed E-state index contributed by atoms with van der Waals surface area (Å²) in [5.74, 6) is 0. The Morgan fingerprint density at radius 1 is 0.429 bits per heavy atom. The Kier molecular flexibility index (Phi) is 12.8. The van der Waals surface area contributed by atoms with Crippen LogP contribution in [0.2, 0.25) is 0 Å². The van der Waals surface area contributed by atoms with Gasteiger partial charge in [0.1, 0.15) is 0 Å². The molecule has 0 atom stereocenters. The van der Waals surface area contributed by atoms with Crippen LogP contribution in [-0.2, 0) is 0 Å². The molecule has 4 rings (SSSR count). The van der Waals surface area contributed by atoms with E-state index in [-0.39, 0.29) is 8.41 Å². The highest BCUT2D eigenvalue weighted by atomic mass is 14.8. The first-order chi connectivity index (χ1) is 10.0. The number of nitrogens with one attached hydrogen (secondary N) is 4. The standard InChI is InChI=1S/4C3H4N2.BH3/c4*1-2-5-3-4-1;/h4*1-3H,(H,4,5);1H3. The molecule has 4 heterocycles. The zero-order chi connectivity index (χ0) is 14.1. The molecule has 21 heavy (non-hydrogen) atoms. The summed E-state index contributed by atoms with van der Waals surface area (Å²) in [4.78, 5) is 25.7. The quantitative estimate of drug-likeness (QED) is 0.351. The van der Waals surface area contributed by atoms with E-state index < -0.39 is 0 Å².